The fourth-order valence-corrected chi connectivity index (χ4v) is 5.73. The standard InChI is InChI=1S/C27H36N2O5S/c1-19(2)15-26(30)28(16-20-7-6-13-33-20)17-27(31)29-12-10-25-21(11-14-35-25)22(29)18-34-24-9-5-4-8-23(24)32-3/h4-5,8-9,11,14,19-20,22H,6-7,10,12-13,15-18H2,1-3H3/t20-,22+/m1/s1. The monoisotopic (exact) mass is 500 g/mol. The Balaban J connectivity index is 1.50. The van der Waals surface area contributed by atoms with E-state index in [0.717, 1.165) is 31.4 Å². The van der Waals surface area contributed by atoms with Crippen LogP contribution in [0.2, 0.25) is 0 Å². The maximum Gasteiger partial charge on any atom is 0.242 e. The fourth-order valence-electron chi connectivity index (χ4n) is 4.80. The molecule has 2 aromatic rings. The zero-order valence-electron chi connectivity index (χ0n) is 20.9. The first-order valence-corrected chi connectivity index (χ1v) is 13.3. The van der Waals surface area contributed by atoms with Gasteiger partial charge in [-0.1, -0.05) is 26.0 Å². The molecule has 4 rings (SSSR count). The molecule has 1 fully saturated rings. The van der Waals surface area contributed by atoms with Crippen LogP contribution in [0.15, 0.2) is 35.7 Å². The molecule has 2 aliphatic rings. The van der Waals surface area contributed by atoms with Gasteiger partial charge in [-0.3, -0.25) is 9.59 Å². The summed E-state index contributed by atoms with van der Waals surface area (Å²) in [6, 6.07) is 9.40. The maximum atomic E-state index is 13.7. The molecule has 2 atom stereocenters. The summed E-state index contributed by atoms with van der Waals surface area (Å²) in [6.45, 7) is 6.24. The number of carbonyl (C=O) groups excluding carboxylic acids is 2. The number of para-hydroxylation sites is 2. The largest absolute Gasteiger partial charge is 0.493 e. The van der Waals surface area contributed by atoms with E-state index in [1.807, 2.05) is 43.0 Å². The van der Waals surface area contributed by atoms with Gasteiger partial charge in [-0.15, -0.1) is 11.3 Å². The van der Waals surface area contributed by atoms with Crippen LogP contribution < -0.4 is 9.47 Å². The highest BCUT2D eigenvalue weighted by molar-refractivity contribution is 7.10. The van der Waals surface area contributed by atoms with E-state index in [2.05, 4.69) is 11.4 Å². The molecule has 0 spiro atoms. The SMILES string of the molecule is COc1ccccc1OC[C@H]1c2ccsc2CCN1C(=O)CN(C[C@H]1CCCO1)C(=O)CC(C)C. The lowest BCUT2D eigenvalue weighted by Crippen LogP contribution is -2.49. The minimum absolute atomic E-state index is 0.00780. The molecule has 2 aliphatic heterocycles. The first-order chi connectivity index (χ1) is 17.0. The smallest absolute Gasteiger partial charge is 0.242 e. The summed E-state index contributed by atoms with van der Waals surface area (Å²) < 4.78 is 17.4. The second-order valence-corrected chi connectivity index (χ2v) is 10.6. The van der Waals surface area contributed by atoms with Gasteiger partial charge in [0.15, 0.2) is 11.5 Å². The van der Waals surface area contributed by atoms with Crippen molar-refractivity contribution in [3.05, 3.63) is 46.2 Å². The third-order valence-corrected chi connectivity index (χ3v) is 7.59. The first-order valence-electron chi connectivity index (χ1n) is 12.5. The van der Waals surface area contributed by atoms with Gasteiger partial charge in [-0.25, -0.2) is 0 Å². The van der Waals surface area contributed by atoms with Crippen LogP contribution in [0.5, 0.6) is 11.5 Å². The van der Waals surface area contributed by atoms with Crippen molar-refractivity contribution >= 4 is 23.2 Å². The summed E-state index contributed by atoms with van der Waals surface area (Å²) in [4.78, 5) is 31.6. The van der Waals surface area contributed by atoms with Gasteiger partial charge in [-0.2, -0.15) is 0 Å². The molecule has 0 N–H and O–H groups in total. The first kappa shape index (κ1) is 25.5. The quantitative estimate of drug-likeness (QED) is 0.486. The van der Waals surface area contributed by atoms with Crippen LogP contribution in [-0.2, 0) is 20.7 Å². The number of hydrogen-bond acceptors (Lipinski definition) is 6. The number of thiophene rings is 1. The van der Waals surface area contributed by atoms with Crippen LogP contribution in [0.4, 0.5) is 0 Å². The highest BCUT2D eigenvalue weighted by Gasteiger charge is 2.34. The Labute approximate surface area is 212 Å². The number of methoxy groups -OCH3 is 1. The highest BCUT2D eigenvalue weighted by Crippen LogP contribution is 2.35. The summed E-state index contributed by atoms with van der Waals surface area (Å²) in [5, 5.41) is 2.07. The lowest BCUT2D eigenvalue weighted by Gasteiger charge is -2.37. The van der Waals surface area contributed by atoms with Crippen molar-refractivity contribution in [2.24, 2.45) is 5.92 Å². The third kappa shape index (κ3) is 6.35. The minimum Gasteiger partial charge on any atom is -0.493 e. The van der Waals surface area contributed by atoms with Crippen molar-refractivity contribution in [2.45, 2.75) is 51.7 Å². The zero-order chi connectivity index (χ0) is 24.8. The number of hydrogen-bond donors (Lipinski definition) is 0. The summed E-state index contributed by atoms with van der Waals surface area (Å²) in [5.41, 5.74) is 1.13. The molecule has 0 radical (unpaired) electrons. The van der Waals surface area contributed by atoms with Gasteiger partial charge in [0.2, 0.25) is 11.8 Å². The summed E-state index contributed by atoms with van der Waals surface area (Å²) in [6.07, 6.45) is 3.18. The number of fused-ring (bicyclic) bond motifs is 1. The normalized spacial score (nSPS) is 19.5. The highest BCUT2D eigenvalue weighted by atomic mass is 32.1. The average Bonchev–Trinajstić information content (AvgIpc) is 3.53. The van der Waals surface area contributed by atoms with Crippen molar-refractivity contribution in [3.63, 3.8) is 0 Å². The van der Waals surface area contributed by atoms with Gasteiger partial charge in [0.05, 0.1) is 25.8 Å². The van der Waals surface area contributed by atoms with Crippen molar-refractivity contribution in [1.82, 2.24) is 9.80 Å². The number of nitrogens with zero attached hydrogens (tertiary/aromatic N) is 2. The lowest BCUT2D eigenvalue weighted by molar-refractivity contribution is -0.144. The maximum absolute atomic E-state index is 13.7. The molecule has 1 saturated heterocycles. The van der Waals surface area contributed by atoms with E-state index < -0.39 is 0 Å². The molecule has 0 saturated carbocycles. The lowest BCUT2D eigenvalue weighted by atomic mass is 10.00. The van der Waals surface area contributed by atoms with Crippen molar-refractivity contribution in [2.75, 3.05) is 40.0 Å². The van der Waals surface area contributed by atoms with E-state index >= 15 is 0 Å². The molecular weight excluding hydrogens is 464 g/mol. The van der Waals surface area contributed by atoms with Crippen LogP contribution >= 0.6 is 11.3 Å². The predicted octanol–water partition coefficient (Wildman–Crippen LogP) is 4.32. The molecule has 0 bridgehead atoms. The molecule has 8 heteroatoms. The number of benzene rings is 1. The molecular formula is C27H36N2O5S. The number of ether oxygens (including phenoxy) is 3. The second kappa shape index (κ2) is 11.9. The molecule has 2 amide bonds. The molecule has 1 aromatic carbocycles. The van der Waals surface area contributed by atoms with Crippen LogP contribution in [-0.4, -0.2) is 67.7 Å². The summed E-state index contributed by atoms with van der Waals surface area (Å²) >= 11 is 1.72. The summed E-state index contributed by atoms with van der Waals surface area (Å²) in [5.74, 6) is 1.50. The molecule has 3 heterocycles. The van der Waals surface area contributed by atoms with Crippen molar-refractivity contribution in [1.29, 1.82) is 0 Å². The summed E-state index contributed by atoms with van der Waals surface area (Å²) in [7, 11) is 1.62. The Kier molecular flexibility index (Phi) is 8.68. The van der Waals surface area contributed by atoms with E-state index in [9.17, 15) is 9.59 Å². The predicted molar refractivity (Wildman–Crippen MR) is 136 cm³/mol. The van der Waals surface area contributed by atoms with Gasteiger partial charge in [-0.05, 0) is 54.3 Å². The van der Waals surface area contributed by atoms with E-state index in [0.29, 0.717) is 37.6 Å². The number of carbonyl (C=O) groups is 2. The van der Waals surface area contributed by atoms with E-state index in [4.69, 9.17) is 14.2 Å². The van der Waals surface area contributed by atoms with E-state index in [1.54, 1.807) is 23.3 Å². The zero-order valence-corrected chi connectivity index (χ0v) is 21.7. The number of rotatable bonds is 10. The van der Waals surface area contributed by atoms with Crippen molar-refractivity contribution in [3.8, 4) is 11.5 Å². The fraction of sp³-hybridized carbons (Fsp3) is 0.556. The van der Waals surface area contributed by atoms with Gasteiger partial charge in [0.1, 0.15) is 6.61 Å². The second-order valence-electron chi connectivity index (χ2n) is 9.62. The van der Waals surface area contributed by atoms with Gasteiger partial charge in [0, 0.05) is 31.0 Å². The van der Waals surface area contributed by atoms with Gasteiger partial charge >= 0.3 is 0 Å². The van der Waals surface area contributed by atoms with Crippen LogP contribution in [0.3, 0.4) is 0 Å². The van der Waals surface area contributed by atoms with Crippen molar-refractivity contribution < 1.29 is 23.8 Å². The Hall–Kier alpha value is -2.58. The topological polar surface area (TPSA) is 68.3 Å². The minimum atomic E-state index is -0.216. The Morgan fingerprint density at radius 3 is 2.74 bits per heavy atom. The van der Waals surface area contributed by atoms with Crippen LogP contribution in [0.1, 0.15) is 49.6 Å². The molecule has 35 heavy (non-hydrogen) atoms. The molecule has 0 unspecified atom stereocenters. The molecule has 0 aliphatic carbocycles. The number of amides is 2. The Morgan fingerprint density at radius 1 is 1.23 bits per heavy atom. The van der Waals surface area contributed by atoms with Crippen LogP contribution in [0, 0.1) is 5.92 Å². The molecule has 1 aromatic heterocycles. The van der Waals surface area contributed by atoms with E-state index in [-0.39, 0.29) is 36.4 Å². The molecule has 7 nitrogen and oxygen atoms in total. The van der Waals surface area contributed by atoms with Crippen LogP contribution in [0.25, 0.3) is 0 Å². The van der Waals surface area contributed by atoms with E-state index in [1.165, 1.54) is 4.88 Å². The van der Waals surface area contributed by atoms with Gasteiger partial charge in [0.25, 0.3) is 0 Å². The molecule has 190 valence electrons. The third-order valence-electron chi connectivity index (χ3n) is 6.59. The Bertz CT molecular complexity index is 1000. The Morgan fingerprint density at radius 2 is 2.03 bits per heavy atom. The average molecular weight is 501 g/mol. The van der Waals surface area contributed by atoms with Gasteiger partial charge < -0.3 is 24.0 Å².